The van der Waals surface area contributed by atoms with Gasteiger partial charge in [0.15, 0.2) is 0 Å². The Bertz CT molecular complexity index is 1510. The quantitative estimate of drug-likeness (QED) is 0.339. The Hall–Kier alpha value is -4.58. The third-order valence-electron chi connectivity index (χ3n) is 6.95. The number of H-pyrrole nitrogens is 1. The summed E-state index contributed by atoms with van der Waals surface area (Å²) in [5.41, 5.74) is 2.76. The molecule has 2 unspecified atom stereocenters. The van der Waals surface area contributed by atoms with Crippen LogP contribution in [0.5, 0.6) is 5.75 Å². The summed E-state index contributed by atoms with van der Waals surface area (Å²) in [4.78, 5) is 36.5. The second kappa shape index (κ2) is 10.3. The summed E-state index contributed by atoms with van der Waals surface area (Å²) < 4.78 is 7.90. The van der Waals surface area contributed by atoms with Crippen molar-refractivity contribution in [1.29, 1.82) is 0 Å². The van der Waals surface area contributed by atoms with Gasteiger partial charge in [0.2, 0.25) is 5.82 Å². The van der Waals surface area contributed by atoms with Crippen molar-refractivity contribution in [3.63, 3.8) is 0 Å². The third-order valence-corrected chi connectivity index (χ3v) is 6.95. The van der Waals surface area contributed by atoms with Crippen molar-refractivity contribution in [2.75, 3.05) is 18.6 Å². The lowest BCUT2D eigenvalue weighted by Gasteiger charge is -2.25. The highest BCUT2D eigenvalue weighted by Crippen LogP contribution is 2.32. The number of hydrogen-bond donors (Lipinski definition) is 3. The van der Waals surface area contributed by atoms with Crippen molar-refractivity contribution in [1.82, 2.24) is 40.6 Å². The van der Waals surface area contributed by atoms with Crippen molar-refractivity contribution in [2.45, 2.75) is 44.9 Å². The molecule has 2 amide bonds. The second-order valence-electron chi connectivity index (χ2n) is 9.84. The van der Waals surface area contributed by atoms with Crippen LogP contribution in [0.1, 0.15) is 39.2 Å². The molecule has 4 aromatic rings. The van der Waals surface area contributed by atoms with Crippen LogP contribution in [0.2, 0.25) is 0 Å². The van der Waals surface area contributed by atoms with E-state index in [2.05, 4.69) is 35.9 Å². The number of carbonyl (C=O) groups is 2. The summed E-state index contributed by atoms with van der Waals surface area (Å²) in [6.45, 7) is 3.28. The molecule has 0 spiro atoms. The summed E-state index contributed by atoms with van der Waals surface area (Å²) in [5, 5.41) is 17.6. The number of rotatable bonds is 6. The summed E-state index contributed by atoms with van der Waals surface area (Å²) in [6, 6.07) is 14.9. The van der Waals surface area contributed by atoms with Crippen molar-refractivity contribution in [3.05, 3.63) is 83.0 Å². The highest BCUT2D eigenvalue weighted by Gasteiger charge is 2.32. The fraction of sp³-hybridized carbons (Fsp3) is 0.333. The number of nitrogens with one attached hydrogen (secondary N) is 3. The number of benzene rings is 2. The molecule has 2 aromatic heterocycles. The Balaban J connectivity index is 1.11. The molecular weight excluding hydrogens is 498 g/mol. The zero-order valence-corrected chi connectivity index (χ0v) is 21.7. The van der Waals surface area contributed by atoms with E-state index in [1.54, 1.807) is 7.05 Å². The molecule has 2 aliphatic rings. The first-order chi connectivity index (χ1) is 18.9. The van der Waals surface area contributed by atoms with Gasteiger partial charge in [0.1, 0.15) is 35.9 Å². The Morgan fingerprint density at radius 1 is 1.15 bits per heavy atom. The monoisotopic (exact) mass is 527 g/mol. The van der Waals surface area contributed by atoms with E-state index in [1.165, 1.54) is 4.90 Å². The van der Waals surface area contributed by atoms with Gasteiger partial charge < -0.3 is 20.3 Å². The van der Waals surface area contributed by atoms with Crippen molar-refractivity contribution >= 4 is 17.5 Å². The van der Waals surface area contributed by atoms with Crippen molar-refractivity contribution in [3.8, 4) is 5.75 Å². The number of carbonyl (C=O) groups excluding carboxylic acids is 2. The maximum atomic E-state index is 13.3. The van der Waals surface area contributed by atoms with Gasteiger partial charge in [0.25, 0.3) is 11.8 Å². The lowest BCUT2D eigenvalue weighted by atomic mass is 10.0. The Labute approximate surface area is 224 Å². The minimum Gasteiger partial charge on any atom is -0.489 e. The molecule has 200 valence electrons. The van der Waals surface area contributed by atoms with Gasteiger partial charge in [0.05, 0.1) is 18.8 Å². The summed E-state index contributed by atoms with van der Waals surface area (Å²) in [5.74, 6) is 2.01. The van der Waals surface area contributed by atoms with Gasteiger partial charge in [-0.05, 0) is 36.6 Å². The van der Waals surface area contributed by atoms with Crippen LogP contribution in [0.25, 0.3) is 0 Å². The fourth-order valence-corrected chi connectivity index (χ4v) is 4.97. The van der Waals surface area contributed by atoms with E-state index in [1.807, 2.05) is 60.1 Å². The average molecular weight is 528 g/mol. The fourth-order valence-electron chi connectivity index (χ4n) is 4.97. The molecule has 12 nitrogen and oxygen atoms in total. The van der Waals surface area contributed by atoms with Crippen LogP contribution in [-0.2, 0) is 30.7 Å². The molecule has 0 saturated carbocycles. The highest BCUT2D eigenvalue weighted by atomic mass is 16.5. The number of aromatic nitrogens is 6. The number of aromatic amines is 1. The van der Waals surface area contributed by atoms with Crippen LogP contribution in [0.3, 0.4) is 0 Å². The minimum atomic E-state index is -0.886. The molecule has 0 radical (unpaired) electrons. The summed E-state index contributed by atoms with van der Waals surface area (Å²) in [6.07, 6.45) is 1.27. The molecule has 0 bridgehead atoms. The van der Waals surface area contributed by atoms with E-state index >= 15 is 0 Å². The summed E-state index contributed by atoms with van der Waals surface area (Å²) in [7, 11) is 1.69. The van der Waals surface area contributed by atoms with Crippen LogP contribution < -0.4 is 20.3 Å². The largest absolute Gasteiger partial charge is 0.489 e. The molecule has 0 aliphatic carbocycles. The van der Waals surface area contributed by atoms with Gasteiger partial charge in [-0.2, -0.15) is 5.10 Å². The van der Waals surface area contributed by atoms with E-state index in [9.17, 15) is 9.59 Å². The van der Waals surface area contributed by atoms with Crippen LogP contribution in [0.4, 0.5) is 5.69 Å². The van der Waals surface area contributed by atoms with Crippen molar-refractivity contribution in [2.24, 2.45) is 0 Å². The molecule has 2 atom stereocenters. The van der Waals surface area contributed by atoms with Gasteiger partial charge in [-0.1, -0.05) is 36.4 Å². The smallest absolute Gasteiger partial charge is 0.291 e. The number of fused-ring (bicyclic) bond motifs is 2. The van der Waals surface area contributed by atoms with Crippen LogP contribution >= 0.6 is 0 Å². The van der Waals surface area contributed by atoms with E-state index in [4.69, 9.17) is 4.74 Å². The maximum Gasteiger partial charge on any atom is 0.291 e. The highest BCUT2D eigenvalue weighted by molar-refractivity contribution is 6.02. The van der Waals surface area contributed by atoms with E-state index in [0.29, 0.717) is 30.2 Å². The van der Waals surface area contributed by atoms with Gasteiger partial charge in [-0.25, -0.2) is 14.6 Å². The number of amides is 2. The van der Waals surface area contributed by atoms with Gasteiger partial charge in [-0.15, -0.1) is 5.10 Å². The second-order valence-corrected chi connectivity index (χ2v) is 9.84. The van der Waals surface area contributed by atoms with E-state index in [-0.39, 0.29) is 24.4 Å². The van der Waals surface area contributed by atoms with Crippen LogP contribution in [-0.4, -0.2) is 67.5 Å². The molecule has 6 rings (SSSR count). The molecule has 3 N–H and O–H groups in total. The minimum absolute atomic E-state index is 0.00115. The maximum absolute atomic E-state index is 13.3. The van der Waals surface area contributed by atoms with Gasteiger partial charge in [-0.3, -0.25) is 14.7 Å². The molecular formula is C27H29N9O3. The van der Waals surface area contributed by atoms with Gasteiger partial charge in [0, 0.05) is 19.5 Å². The third kappa shape index (κ3) is 5.23. The first kappa shape index (κ1) is 24.7. The number of likely N-dealkylation sites (N-methyl/N-ethyl adjacent to an activating group) is 1. The SMILES string of the molecule is Cc1nc2n(n1)CC(Cc1ccc3c(c1)N(C)C(=O)C(NC(=O)c1n[nH]c(Cc4ccccc4)n1)CO3)NC2. The molecule has 0 saturated heterocycles. The average Bonchev–Trinajstić information content (AvgIpc) is 3.54. The van der Waals surface area contributed by atoms with Crippen molar-refractivity contribution < 1.29 is 14.3 Å². The normalized spacial score (nSPS) is 18.6. The topological polar surface area (TPSA) is 143 Å². The Morgan fingerprint density at radius 3 is 2.85 bits per heavy atom. The standard InChI is InChI=1S/C27H29N9O3/c1-16-29-24-13-28-19(14-36(24)34-16)10-18-8-9-22-21(11-18)35(2)27(38)20(15-39-22)30-26(37)25-31-23(32-33-25)12-17-6-4-3-5-7-17/h3-9,11,19-20,28H,10,12-15H2,1-2H3,(H,30,37)(H,31,32,33). The molecule has 12 heteroatoms. The number of aryl methyl sites for hydroxylation is 1. The first-order valence-electron chi connectivity index (χ1n) is 12.9. The molecule has 2 aromatic carbocycles. The first-order valence-corrected chi connectivity index (χ1v) is 12.9. The lowest BCUT2D eigenvalue weighted by Crippen LogP contribution is -2.49. The number of ether oxygens (including phenoxy) is 1. The molecule has 4 heterocycles. The lowest BCUT2D eigenvalue weighted by molar-refractivity contribution is -0.120. The molecule has 0 fully saturated rings. The Morgan fingerprint density at radius 2 is 2.00 bits per heavy atom. The van der Waals surface area contributed by atoms with Gasteiger partial charge >= 0.3 is 0 Å². The zero-order chi connectivity index (χ0) is 26.9. The van der Waals surface area contributed by atoms with E-state index < -0.39 is 11.9 Å². The zero-order valence-electron chi connectivity index (χ0n) is 21.7. The van der Waals surface area contributed by atoms with Crippen LogP contribution in [0, 0.1) is 6.92 Å². The van der Waals surface area contributed by atoms with Crippen LogP contribution in [0.15, 0.2) is 48.5 Å². The predicted octanol–water partition coefficient (Wildman–Crippen LogP) is 1.16. The number of hydrogen-bond acceptors (Lipinski definition) is 8. The molecule has 39 heavy (non-hydrogen) atoms. The molecule has 2 aliphatic heterocycles. The summed E-state index contributed by atoms with van der Waals surface area (Å²) >= 11 is 0. The number of nitrogens with zero attached hydrogens (tertiary/aromatic N) is 6. The predicted molar refractivity (Wildman–Crippen MR) is 141 cm³/mol. The van der Waals surface area contributed by atoms with E-state index in [0.717, 1.165) is 35.7 Å². The number of anilines is 1. The Kier molecular flexibility index (Phi) is 6.53.